The number of nitrogens with zero attached hydrogens (tertiary/aromatic N) is 6. The summed E-state index contributed by atoms with van der Waals surface area (Å²) in [4.78, 5) is 53.3. The van der Waals surface area contributed by atoms with Crippen molar-refractivity contribution in [3.8, 4) is 6.07 Å². The topological polar surface area (TPSA) is 110 Å². The van der Waals surface area contributed by atoms with E-state index in [2.05, 4.69) is 9.97 Å². The third-order valence-electron chi connectivity index (χ3n) is 7.80. The molecule has 12 heteroatoms. The highest BCUT2D eigenvalue weighted by Gasteiger charge is 2.53. The average molecular weight is 561 g/mol. The molecule has 1 aliphatic carbocycles. The second kappa shape index (κ2) is 9.99. The Morgan fingerprint density at radius 2 is 1.90 bits per heavy atom. The van der Waals surface area contributed by atoms with Crippen LogP contribution in [0.25, 0.3) is 0 Å². The lowest BCUT2D eigenvalue weighted by molar-refractivity contribution is -0.158. The van der Waals surface area contributed by atoms with E-state index in [0.29, 0.717) is 11.1 Å². The number of alkyl halides is 2. The zero-order valence-electron chi connectivity index (χ0n) is 21.6. The fraction of sp³-hybridized carbons (Fsp3) is 0.310. The van der Waals surface area contributed by atoms with Gasteiger partial charge in [0.05, 0.1) is 29.7 Å². The Morgan fingerprint density at radius 1 is 1.12 bits per heavy atom. The van der Waals surface area contributed by atoms with Crippen molar-refractivity contribution < 1.29 is 27.6 Å². The van der Waals surface area contributed by atoms with Crippen molar-refractivity contribution in [3.05, 3.63) is 83.6 Å². The quantitative estimate of drug-likeness (QED) is 0.468. The molecule has 1 saturated carbocycles. The highest BCUT2D eigenvalue weighted by molar-refractivity contribution is 6.11. The molecule has 1 aromatic carbocycles. The first-order valence-corrected chi connectivity index (χ1v) is 13.0. The van der Waals surface area contributed by atoms with Gasteiger partial charge in [0.15, 0.2) is 0 Å². The second-order valence-electron chi connectivity index (χ2n) is 10.4. The molecule has 3 aromatic rings. The van der Waals surface area contributed by atoms with Crippen LogP contribution in [0.5, 0.6) is 0 Å². The SMILES string of the molecule is N#Cc1ccnc(N2C(=O)CC[C@H]2C(=O)N(c2cncc(F)c2)[C@@H]2C(=O)N(C3CC(F)(F)C3)Cc3ccccc32)c1. The number of pyridine rings is 2. The van der Waals surface area contributed by atoms with Gasteiger partial charge in [-0.1, -0.05) is 24.3 Å². The van der Waals surface area contributed by atoms with Crippen molar-refractivity contribution in [1.82, 2.24) is 14.9 Å². The Bertz CT molecular complexity index is 1600. The predicted octanol–water partition coefficient (Wildman–Crippen LogP) is 3.90. The number of carbonyl (C=O) groups is 3. The lowest BCUT2D eigenvalue weighted by Crippen LogP contribution is -2.59. The van der Waals surface area contributed by atoms with Crippen LogP contribution < -0.4 is 9.80 Å². The largest absolute Gasteiger partial charge is 0.333 e. The van der Waals surface area contributed by atoms with Crippen molar-refractivity contribution in [1.29, 1.82) is 5.26 Å². The Kier molecular flexibility index (Phi) is 6.44. The first-order valence-electron chi connectivity index (χ1n) is 13.0. The van der Waals surface area contributed by atoms with Crippen molar-refractivity contribution in [3.63, 3.8) is 0 Å². The zero-order chi connectivity index (χ0) is 28.9. The van der Waals surface area contributed by atoms with E-state index in [1.807, 2.05) is 6.07 Å². The van der Waals surface area contributed by atoms with Crippen LogP contribution in [-0.2, 0) is 20.9 Å². The van der Waals surface area contributed by atoms with Gasteiger partial charge >= 0.3 is 0 Å². The van der Waals surface area contributed by atoms with Crippen molar-refractivity contribution in [2.45, 2.75) is 56.3 Å². The number of fused-ring (bicyclic) bond motifs is 1. The minimum absolute atomic E-state index is 0.00257. The minimum atomic E-state index is -2.88. The third-order valence-corrected chi connectivity index (χ3v) is 7.80. The van der Waals surface area contributed by atoms with Crippen LogP contribution in [0.3, 0.4) is 0 Å². The number of benzene rings is 1. The van der Waals surface area contributed by atoms with Crippen LogP contribution >= 0.6 is 0 Å². The van der Waals surface area contributed by atoms with E-state index in [0.717, 1.165) is 17.2 Å². The van der Waals surface area contributed by atoms with Gasteiger partial charge in [-0.3, -0.25) is 29.2 Å². The van der Waals surface area contributed by atoms with Gasteiger partial charge in [-0.15, -0.1) is 0 Å². The predicted molar refractivity (Wildman–Crippen MR) is 139 cm³/mol. The van der Waals surface area contributed by atoms with E-state index in [1.54, 1.807) is 24.3 Å². The number of amides is 3. The molecule has 2 fully saturated rings. The Balaban J connectivity index is 1.46. The van der Waals surface area contributed by atoms with Gasteiger partial charge in [0.2, 0.25) is 5.91 Å². The Hall–Kier alpha value is -4.79. The highest BCUT2D eigenvalue weighted by atomic mass is 19.3. The maximum Gasteiger partial charge on any atom is 0.252 e. The first-order chi connectivity index (χ1) is 19.7. The van der Waals surface area contributed by atoms with Crippen LogP contribution in [0.15, 0.2) is 61.1 Å². The van der Waals surface area contributed by atoms with Crippen LogP contribution in [0.1, 0.15) is 48.4 Å². The lowest BCUT2D eigenvalue weighted by Gasteiger charge is -2.48. The molecule has 9 nitrogen and oxygen atoms in total. The molecule has 3 aliphatic rings. The monoisotopic (exact) mass is 560 g/mol. The molecule has 0 spiro atoms. The fourth-order valence-corrected chi connectivity index (χ4v) is 5.83. The van der Waals surface area contributed by atoms with Gasteiger partial charge < -0.3 is 4.90 Å². The molecule has 4 heterocycles. The number of anilines is 2. The Morgan fingerprint density at radius 3 is 2.63 bits per heavy atom. The van der Waals surface area contributed by atoms with Gasteiger partial charge in [-0.25, -0.2) is 18.2 Å². The molecule has 2 atom stereocenters. The molecule has 1 saturated heterocycles. The fourth-order valence-electron chi connectivity index (χ4n) is 5.83. The van der Waals surface area contributed by atoms with E-state index in [9.17, 15) is 32.8 Å². The number of rotatable bonds is 5. The standard InChI is InChI=1S/C29H23F3N6O3/c30-19-10-20(15-34-14-19)37(27(40)23-5-6-25(39)38(23)24-9-17(13-33)7-8-35-24)26-22-4-2-1-3-18(22)16-36(28(26)41)21-11-29(31,32)12-21/h1-4,7-10,14-15,21,23,26H,5-6,11-12,16H2/t23-,26-/m0/s1. The summed E-state index contributed by atoms with van der Waals surface area (Å²) in [5, 5.41) is 9.34. The van der Waals surface area contributed by atoms with E-state index < -0.39 is 60.4 Å². The maximum absolute atomic E-state index is 14.5. The normalized spacial score (nSPS) is 21.7. The number of hydrogen-bond donors (Lipinski definition) is 0. The molecule has 2 aliphatic heterocycles. The average Bonchev–Trinajstić information content (AvgIpc) is 3.34. The molecule has 208 valence electrons. The highest BCUT2D eigenvalue weighted by Crippen LogP contribution is 2.45. The summed E-state index contributed by atoms with van der Waals surface area (Å²) in [7, 11) is 0. The number of halogens is 3. The van der Waals surface area contributed by atoms with Crippen LogP contribution in [0, 0.1) is 17.1 Å². The van der Waals surface area contributed by atoms with E-state index in [-0.39, 0.29) is 36.5 Å². The number of hydrogen-bond acceptors (Lipinski definition) is 6. The summed E-state index contributed by atoms with van der Waals surface area (Å²) in [5.74, 6) is -5.22. The second-order valence-corrected chi connectivity index (χ2v) is 10.4. The van der Waals surface area contributed by atoms with Gasteiger partial charge in [-0.2, -0.15) is 5.26 Å². The maximum atomic E-state index is 14.5. The van der Waals surface area contributed by atoms with Crippen LogP contribution in [-0.4, -0.2) is 50.6 Å². The van der Waals surface area contributed by atoms with E-state index >= 15 is 0 Å². The number of nitriles is 1. The molecular formula is C29H23F3N6O3. The first kappa shape index (κ1) is 26.4. The molecule has 0 N–H and O–H groups in total. The van der Waals surface area contributed by atoms with Crippen molar-refractivity contribution in [2.24, 2.45) is 0 Å². The summed E-state index contributed by atoms with van der Waals surface area (Å²) < 4.78 is 42.2. The molecule has 0 bridgehead atoms. The molecule has 0 radical (unpaired) electrons. The Labute approximate surface area is 232 Å². The van der Waals surface area contributed by atoms with E-state index in [4.69, 9.17) is 0 Å². The van der Waals surface area contributed by atoms with Crippen molar-refractivity contribution >= 4 is 29.2 Å². The van der Waals surface area contributed by atoms with E-state index in [1.165, 1.54) is 34.3 Å². The van der Waals surface area contributed by atoms with Crippen LogP contribution in [0.4, 0.5) is 24.7 Å². The molecule has 41 heavy (non-hydrogen) atoms. The molecule has 2 aromatic heterocycles. The minimum Gasteiger partial charge on any atom is -0.333 e. The van der Waals surface area contributed by atoms with Crippen LogP contribution in [0.2, 0.25) is 0 Å². The lowest BCUT2D eigenvalue weighted by atomic mass is 9.83. The summed E-state index contributed by atoms with van der Waals surface area (Å²) in [6.45, 7) is 0.0919. The zero-order valence-corrected chi connectivity index (χ0v) is 21.6. The molecule has 6 rings (SSSR count). The summed E-state index contributed by atoms with van der Waals surface area (Å²) in [5.41, 5.74) is 1.34. The molecular weight excluding hydrogens is 537 g/mol. The number of carbonyl (C=O) groups excluding carboxylic acids is 3. The van der Waals surface area contributed by atoms with Crippen molar-refractivity contribution in [2.75, 3.05) is 9.80 Å². The van der Waals surface area contributed by atoms with Gasteiger partial charge in [0, 0.05) is 44.1 Å². The third kappa shape index (κ3) is 4.67. The van der Waals surface area contributed by atoms with Gasteiger partial charge in [0.25, 0.3) is 17.7 Å². The van der Waals surface area contributed by atoms with Gasteiger partial charge in [0.1, 0.15) is 23.7 Å². The number of aromatic nitrogens is 2. The smallest absolute Gasteiger partial charge is 0.252 e. The van der Waals surface area contributed by atoms with Gasteiger partial charge in [-0.05, 0) is 29.7 Å². The summed E-state index contributed by atoms with van der Waals surface area (Å²) in [6, 6.07) is 9.59. The summed E-state index contributed by atoms with van der Waals surface area (Å²) >= 11 is 0. The molecule has 0 unspecified atom stereocenters. The molecule has 3 amide bonds. The summed E-state index contributed by atoms with van der Waals surface area (Å²) in [6.07, 6.45) is 2.64.